The Kier molecular flexibility index (Phi) is 7.82. The van der Waals surface area contributed by atoms with Crippen molar-refractivity contribution in [1.82, 2.24) is 4.90 Å². The molecule has 0 heterocycles. The quantitative estimate of drug-likeness (QED) is 0.643. The third kappa shape index (κ3) is 4.84. The van der Waals surface area contributed by atoms with Crippen LogP contribution in [0.15, 0.2) is 0 Å². The summed E-state index contributed by atoms with van der Waals surface area (Å²) in [7, 11) is 0. The van der Waals surface area contributed by atoms with Crippen LogP contribution in [-0.4, -0.2) is 55.0 Å². The molecule has 0 aliphatic heterocycles. The van der Waals surface area contributed by atoms with E-state index in [1.807, 2.05) is 0 Å². The van der Waals surface area contributed by atoms with Crippen molar-refractivity contribution >= 4 is 0 Å². The number of nitrogens with zero attached hydrogens (tertiary/aromatic N) is 1. The Hall–Kier alpha value is -0.160. The molecular formula is C14H30N2O2. The predicted octanol–water partition coefficient (Wildman–Crippen LogP) is 1.22. The molecular weight excluding hydrogens is 228 g/mol. The molecule has 18 heavy (non-hydrogen) atoms. The molecule has 1 rings (SSSR count). The SMILES string of the molecule is CC(C)N(CCOCCO)C1CCCCC1CN. The number of aliphatic hydroxyl groups excluding tert-OH is 1. The maximum Gasteiger partial charge on any atom is 0.0698 e. The zero-order chi connectivity index (χ0) is 13.4. The molecule has 0 aromatic heterocycles. The van der Waals surface area contributed by atoms with Gasteiger partial charge in [-0.1, -0.05) is 12.8 Å². The molecule has 0 spiro atoms. The molecule has 0 aromatic carbocycles. The first-order valence-electron chi connectivity index (χ1n) is 7.35. The van der Waals surface area contributed by atoms with Crippen LogP contribution in [0.5, 0.6) is 0 Å². The molecule has 2 unspecified atom stereocenters. The van der Waals surface area contributed by atoms with E-state index in [0.29, 0.717) is 31.2 Å². The Labute approximate surface area is 111 Å². The third-order valence-electron chi connectivity index (χ3n) is 3.99. The van der Waals surface area contributed by atoms with E-state index in [4.69, 9.17) is 15.6 Å². The Balaban J connectivity index is 2.47. The summed E-state index contributed by atoms with van der Waals surface area (Å²) in [5, 5.41) is 8.71. The summed E-state index contributed by atoms with van der Waals surface area (Å²) in [4.78, 5) is 2.54. The smallest absolute Gasteiger partial charge is 0.0698 e. The van der Waals surface area contributed by atoms with Crippen LogP contribution >= 0.6 is 0 Å². The second-order valence-corrected chi connectivity index (χ2v) is 5.52. The van der Waals surface area contributed by atoms with Crippen molar-refractivity contribution in [2.75, 3.05) is 32.9 Å². The number of nitrogens with two attached hydrogens (primary N) is 1. The topological polar surface area (TPSA) is 58.7 Å². The van der Waals surface area contributed by atoms with Crippen LogP contribution in [0.3, 0.4) is 0 Å². The maximum absolute atomic E-state index is 8.71. The first-order chi connectivity index (χ1) is 8.70. The zero-order valence-electron chi connectivity index (χ0n) is 12.0. The molecule has 0 bridgehead atoms. The van der Waals surface area contributed by atoms with Gasteiger partial charge in [0.05, 0.1) is 19.8 Å². The first kappa shape index (κ1) is 15.9. The normalized spacial score (nSPS) is 25.0. The third-order valence-corrected chi connectivity index (χ3v) is 3.99. The van der Waals surface area contributed by atoms with Gasteiger partial charge in [0, 0.05) is 18.6 Å². The molecule has 0 radical (unpaired) electrons. The summed E-state index contributed by atoms with van der Waals surface area (Å²) in [6, 6.07) is 1.14. The lowest BCUT2D eigenvalue weighted by molar-refractivity contribution is 0.0284. The Bertz CT molecular complexity index is 212. The van der Waals surface area contributed by atoms with E-state index in [9.17, 15) is 0 Å². The number of aliphatic hydroxyl groups is 1. The molecule has 0 amide bonds. The lowest BCUT2D eigenvalue weighted by atomic mass is 9.83. The van der Waals surface area contributed by atoms with Gasteiger partial charge in [0.15, 0.2) is 0 Å². The van der Waals surface area contributed by atoms with Gasteiger partial charge in [-0.05, 0) is 39.2 Å². The van der Waals surface area contributed by atoms with Crippen molar-refractivity contribution in [1.29, 1.82) is 0 Å². The number of hydrogen-bond donors (Lipinski definition) is 2. The monoisotopic (exact) mass is 258 g/mol. The average molecular weight is 258 g/mol. The zero-order valence-corrected chi connectivity index (χ0v) is 12.0. The molecule has 2 atom stereocenters. The average Bonchev–Trinajstić information content (AvgIpc) is 2.38. The van der Waals surface area contributed by atoms with Crippen LogP contribution < -0.4 is 5.73 Å². The summed E-state index contributed by atoms with van der Waals surface area (Å²) >= 11 is 0. The molecule has 1 aliphatic carbocycles. The lowest BCUT2D eigenvalue weighted by Crippen LogP contribution is -2.49. The van der Waals surface area contributed by atoms with E-state index in [0.717, 1.165) is 13.1 Å². The van der Waals surface area contributed by atoms with Crippen molar-refractivity contribution in [3.8, 4) is 0 Å². The molecule has 1 saturated carbocycles. The first-order valence-corrected chi connectivity index (χ1v) is 7.35. The van der Waals surface area contributed by atoms with E-state index in [1.165, 1.54) is 25.7 Å². The number of hydrogen-bond acceptors (Lipinski definition) is 4. The molecule has 0 saturated heterocycles. The van der Waals surface area contributed by atoms with Gasteiger partial charge < -0.3 is 15.6 Å². The van der Waals surface area contributed by atoms with E-state index >= 15 is 0 Å². The largest absolute Gasteiger partial charge is 0.394 e. The van der Waals surface area contributed by atoms with Gasteiger partial charge in [0.25, 0.3) is 0 Å². The lowest BCUT2D eigenvalue weighted by Gasteiger charge is -2.42. The minimum Gasteiger partial charge on any atom is -0.394 e. The van der Waals surface area contributed by atoms with E-state index < -0.39 is 0 Å². The van der Waals surface area contributed by atoms with Gasteiger partial charge in [-0.2, -0.15) is 0 Å². The summed E-state index contributed by atoms with van der Waals surface area (Å²) < 4.78 is 5.40. The highest BCUT2D eigenvalue weighted by atomic mass is 16.5. The summed E-state index contributed by atoms with van der Waals surface area (Å²) in [5.74, 6) is 0.638. The highest BCUT2D eigenvalue weighted by molar-refractivity contribution is 4.85. The van der Waals surface area contributed by atoms with Crippen LogP contribution in [0.4, 0.5) is 0 Å². The summed E-state index contributed by atoms with van der Waals surface area (Å²) in [6.45, 7) is 7.48. The Morgan fingerprint density at radius 2 is 2.00 bits per heavy atom. The van der Waals surface area contributed by atoms with Gasteiger partial charge >= 0.3 is 0 Å². The van der Waals surface area contributed by atoms with E-state index in [1.54, 1.807) is 0 Å². The van der Waals surface area contributed by atoms with Gasteiger partial charge in [-0.25, -0.2) is 0 Å². The van der Waals surface area contributed by atoms with Crippen LogP contribution in [0, 0.1) is 5.92 Å². The standard InChI is InChI=1S/C14H30N2O2/c1-12(2)16(7-9-18-10-8-17)14-6-4-3-5-13(14)11-15/h12-14,17H,3-11,15H2,1-2H3. The fourth-order valence-corrected chi connectivity index (χ4v) is 3.04. The van der Waals surface area contributed by atoms with Crippen LogP contribution in [0.1, 0.15) is 39.5 Å². The van der Waals surface area contributed by atoms with E-state index in [-0.39, 0.29) is 6.61 Å². The van der Waals surface area contributed by atoms with Gasteiger partial charge in [-0.3, -0.25) is 4.90 Å². The molecule has 3 N–H and O–H groups in total. The molecule has 1 fully saturated rings. The number of ether oxygens (including phenoxy) is 1. The Morgan fingerprint density at radius 3 is 2.61 bits per heavy atom. The molecule has 108 valence electrons. The molecule has 4 nitrogen and oxygen atoms in total. The maximum atomic E-state index is 8.71. The summed E-state index contributed by atoms with van der Waals surface area (Å²) in [5.41, 5.74) is 5.92. The van der Waals surface area contributed by atoms with Crippen LogP contribution in [0.25, 0.3) is 0 Å². The fourth-order valence-electron chi connectivity index (χ4n) is 3.04. The van der Waals surface area contributed by atoms with Gasteiger partial charge in [0.2, 0.25) is 0 Å². The minimum atomic E-state index is 0.108. The Morgan fingerprint density at radius 1 is 1.28 bits per heavy atom. The van der Waals surface area contributed by atoms with Crippen LogP contribution in [-0.2, 0) is 4.74 Å². The van der Waals surface area contributed by atoms with Crippen molar-refractivity contribution in [2.24, 2.45) is 11.7 Å². The minimum absolute atomic E-state index is 0.108. The van der Waals surface area contributed by atoms with Gasteiger partial charge in [0.1, 0.15) is 0 Å². The number of rotatable bonds is 8. The molecule has 1 aliphatic rings. The van der Waals surface area contributed by atoms with E-state index in [2.05, 4.69) is 18.7 Å². The highest BCUT2D eigenvalue weighted by Crippen LogP contribution is 2.28. The van der Waals surface area contributed by atoms with Crippen molar-refractivity contribution in [2.45, 2.75) is 51.6 Å². The highest BCUT2D eigenvalue weighted by Gasteiger charge is 2.30. The molecule has 0 aromatic rings. The van der Waals surface area contributed by atoms with Crippen molar-refractivity contribution in [3.05, 3.63) is 0 Å². The second kappa shape index (κ2) is 8.86. The van der Waals surface area contributed by atoms with Crippen molar-refractivity contribution < 1.29 is 9.84 Å². The predicted molar refractivity (Wildman–Crippen MR) is 74.5 cm³/mol. The van der Waals surface area contributed by atoms with Crippen LogP contribution in [0.2, 0.25) is 0 Å². The molecule has 4 heteroatoms. The fraction of sp³-hybridized carbons (Fsp3) is 1.00. The van der Waals surface area contributed by atoms with Gasteiger partial charge in [-0.15, -0.1) is 0 Å². The van der Waals surface area contributed by atoms with Crippen molar-refractivity contribution in [3.63, 3.8) is 0 Å². The second-order valence-electron chi connectivity index (χ2n) is 5.52. The summed E-state index contributed by atoms with van der Waals surface area (Å²) in [6.07, 6.45) is 5.18.